The summed E-state index contributed by atoms with van der Waals surface area (Å²) < 4.78 is 105. The number of nitrogens with one attached hydrogen (secondary N) is 2. The minimum Gasteiger partial charge on any atom is -0.322 e. The normalized spacial score (nSPS) is 15.4. The molecule has 13 heteroatoms. The fraction of sp³-hybridized carbons (Fsp3) is 0.217. The number of carbonyl (C=O) groups excluding carboxylic acids is 1. The predicted octanol–water partition coefficient (Wildman–Crippen LogP) is 4.87. The molecule has 0 saturated heterocycles. The molecule has 0 saturated carbocycles. The molecule has 192 valence electrons. The summed E-state index contributed by atoms with van der Waals surface area (Å²) in [4.78, 5) is 16.5. The van der Waals surface area contributed by atoms with Crippen LogP contribution in [0.5, 0.6) is 0 Å². The molecule has 1 amide bonds. The molecule has 0 spiro atoms. The Morgan fingerprint density at radius 3 is 2.22 bits per heavy atom. The van der Waals surface area contributed by atoms with E-state index < -0.39 is 50.8 Å². The van der Waals surface area contributed by atoms with Crippen LogP contribution in [0, 0.1) is 11.8 Å². The number of allylic oxidation sites excluding steroid dienone is 3. The largest absolute Gasteiger partial charge is 0.426 e. The van der Waals surface area contributed by atoms with Crippen molar-refractivity contribution in [2.75, 3.05) is 11.6 Å². The third-order valence-electron chi connectivity index (χ3n) is 4.45. The van der Waals surface area contributed by atoms with Gasteiger partial charge in [0.1, 0.15) is 5.57 Å². The number of rotatable bonds is 7. The highest BCUT2D eigenvalue weighted by molar-refractivity contribution is 7.88. The van der Waals surface area contributed by atoms with Gasteiger partial charge in [-0.3, -0.25) is 14.5 Å². The Morgan fingerprint density at radius 2 is 1.72 bits per heavy atom. The number of alkyl halides is 6. The Kier molecular flexibility index (Phi) is 8.58. The van der Waals surface area contributed by atoms with Gasteiger partial charge >= 0.3 is 12.4 Å². The van der Waals surface area contributed by atoms with Crippen molar-refractivity contribution in [2.45, 2.75) is 25.7 Å². The number of hydrogen-bond acceptors (Lipinski definition) is 4. The zero-order chi connectivity index (χ0) is 27.3. The number of nitrogens with zero attached hydrogens (tertiary/aromatic N) is 1. The van der Waals surface area contributed by atoms with Crippen molar-refractivity contribution in [1.82, 2.24) is 4.72 Å². The van der Waals surface area contributed by atoms with Crippen molar-refractivity contribution in [3.63, 3.8) is 0 Å². The molecule has 0 aromatic heterocycles. The molecule has 0 unspecified atom stereocenters. The SMILES string of the molecule is C=C/C(=C\C(NS(C)(=O)=O)=C(/C)C(=O)Nc1ccc(C(F)(F)F)cc1)C1=C(C(F)(F)F)C#CCC=N1. The maximum atomic E-state index is 13.6. The Bertz CT molecular complexity index is 1340. The number of carbonyl (C=O) groups is 1. The summed E-state index contributed by atoms with van der Waals surface area (Å²) in [6, 6.07) is 3.44. The van der Waals surface area contributed by atoms with E-state index in [0.717, 1.165) is 48.9 Å². The lowest BCUT2D eigenvalue weighted by Crippen LogP contribution is -2.25. The molecule has 0 aliphatic carbocycles. The first-order chi connectivity index (χ1) is 16.5. The second kappa shape index (κ2) is 10.9. The van der Waals surface area contributed by atoms with Crippen LogP contribution in [-0.4, -0.2) is 33.0 Å². The second-order valence-electron chi connectivity index (χ2n) is 7.28. The molecule has 1 aromatic rings. The number of halogens is 6. The predicted molar refractivity (Wildman–Crippen MR) is 123 cm³/mol. The van der Waals surface area contributed by atoms with Crippen LogP contribution in [0.1, 0.15) is 18.9 Å². The molecular formula is C23H19F6N3O3S. The first-order valence-corrected chi connectivity index (χ1v) is 11.8. The lowest BCUT2D eigenvalue weighted by molar-refractivity contribution is -0.137. The zero-order valence-electron chi connectivity index (χ0n) is 18.8. The monoisotopic (exact) mass is 531 g/mol. The summed E-state index contributed by atoms with van der Waals surface area (Å²) >= 11 is 0. The van der Waals surface area contributed by atoms with E-state index >= 15 is 0 Å². The van der Waals surface area contributed by atoms with Gasteiger partial charge in [-0.2, -0.15) is 26.3 Å². The molecule has 36 heavy (non-hydrogen) atoms. The summed E-state index contributed by atoms with van der Waals surface area (Å²) in [6.45, 7) is 4.61. The van der Waals surface area contributed by atoms with Gasteiger partial charge in [0.25, 0.3) is 5.91 Å². The van der Waals surface area contributed by atoms with E-state index in [1.807, 2.05) is 5.92 Å². The number of amides is 1. The molecule has 0 bridgehead atoms. The van der Waals surface area contributed by atoms with Gasteiger partial charge in [0.05, 0.1) is 23.2 Å². The average molecular weight is 531 g/mol. The van der Waals surface area contributed by atoms with Gasteiger partial charge in [-0.05, 0) is 37.3 Å². The molecule has 2 rings (SSSR count). The van der Waals surface area contributed by atoms with Gasteiger partial charge in [-0.1, -0.05) is 24.5 Å². The highest BCUT2D eigenvalue weighted by Crippen LogP contribution is 2.33. The maximum absolute atomic E-state index is 13.6. The van der Waals surface area contributed by atoms with E-state index in [4.69, 9.17) is 0 Å². The quantitative estimate of drug-likeness (QED) is 0.228. The van der Waals surface area contributed by atoms with E-state index in [2.05, 4.69) is 27.5 Å². The fourth-order valence-electron chi connectivity index (χ4n) is 2.75. The number of benzene rings is 1. The van der Waals surface area contributed by atoms with Gasteiger partial charge in [0.2, 0.25) is 10.0 Å². The fourth-order valence-corrected chi connectivity index (χ4v) is 3.36. The molecule has 0 fully saturated rings. The van der Waals surface area contributed by atoms with Gasteiger partial charge in [0.15, 0.2) is 0 Å². The zero-order valence-corrected chi connectivity index (χ0v) is 19.6. The van der Waals surface area contributed by atoms with E-state index in [1.54, 1.807) is 0 Å². The summed E-state index contributed by atoms with van der Waals surface area (Å²) in [7, 11) is -4.03. The molecule has 1 aromatic carbocycles. The van der Waals surface area contributed by atoms with Crippen LogP contribution in [0.4, 0.5) is 32.0 Å². The minimum atomic E-state index is -4.88. The van der Waals surface area contributed by atoms with Crippen LogP contribution in [0.15, 0.2) is 76.1 Å². The molecule has 2 N–H and O–H groups in total. The average Bonchev–Trinajstić information content (AvgIpc) is 3.01. The standard InChI is InChI=1S/C23H19F6N3O3S/c1-4-15(20-18(23(27,28)29)7-5-6-12-30-20)13-19(32-36(3,34)35)14(2)21(33)31-17-10-8-16(9-11-17)22(24,25)26/h4,8-13,32H,1,6H2,2-3H3,(H,31,33)/b15-13+,19-14-. The third-order valence-corrected chi connectivity index (χ3v) is 5.04. The third kappa shape index (κ3) is 7.88. The summed E-state index contributed by atoms with van der Waals surface area (Å²) in [5.74, 6) is 3.34. The number of aliphatic imine (C=N–C) groups is 1. The van der Waals surface area contributed by atoms with Crippen LogP contribution < -0.4 is 10.0 Å². The Morgan fingerprint density at radius 1 is 1.11 bits per heavy atom. The Labute approximate surface area is 203 Å². The van der Waals surface area contributed by atoms with E-state index in [0.29, 0.717) is 0 Å². The lowest BCUT2D eigenvalue weighted by Gasteiger charge is -2.15. The lowest BCUT2D eigenvalue weighted by atomic mass is 10.0. The topological polar surface area (TPSA) is 87.6 Å². The maximum Gasteiger partial charge on any atom is 0.426 e. The molecule has 0 atom stereocenters. The highest BCUT2D eigenvalue weighted by atomic mass is 32.2. The first kappa shape index (κ1) is 28.4. The van der Waals surface area contributed by atoms with Crippen molar-refractivity contribution >= 4 is 27.8 Å². The first-order valence-electron chi connectivity index (χ1n) is 9.87. The van der Waals surface area contributed by atoms with E-state index in [1.165, 1.54) is 6.92 Å². The number of anilines is 1. The van der Waals surface area contributed by atoms with Crippen molar-refractivity contribution < 1.29 is 39.6 Å². The smallest absolute Gasteiger partial charge is 0.322 e. The van der Waals surface area contributed by atoms with Crippen molar-refractivity contribution in [2.24, 2.45) is 4.99 Å². The van der Waals surface area contributed by atoms with Crippen LogP contribution in [0.2, 0.25) is 0 Å². The van der Waals surface area contributed by atoms with Crippen LogP contribution >= 0.6 is 0 Å². The van der Waals surface area contributed by atoms with Crippen molar-refractivity contribution in [3.8, 4) is 11.8 Å². The summed E-state index contributed by atoms with van der Waals surface area (Å²) in [5, 5.41) is 2.30. The minimum absolute atomic E-state index is 0.0373. The van der Waals surface area contributed by atoms with Crippen LogP contribution in [-0.2, 0) is 21.0 Å². The molecule has 1 heterocycles. The molecule has 1 aliphatic heterocycles. The number of sulfonamides is 1. The van der Waals surface area contributed by atoms with Gasteiger partial charge in [-0.15, -0.1) is 0 Å². The second-order valence-corrected chi connectivity index (χ2v) is 9.03. The van der Waals surface area contributed by atoms with Gasteiger partial charge < -0.3 is 5.32 Å². The number of hydrogen-bond donors (Lipinski definition) is 2. The van der Waals surface area contributed by atoms with Crippen molar-refractivity contribution in [1.29, 1.82) is 0 Å². The molecular weight excluding hydrogens is 512 g/mol. The summed E-state index contributed by atoms with van der Waals surface area (Å²) in [5.41, 5.74) is -3.92. The Hall–Kier alpha value is -3.79. The van der Waals surface area contributed by atoms with Crippen LogP contribution in [0.3, 0.4) is 0 Å². The highest BCUT2D eigenvalue weighted by Gasteiger charge is 2.36. The molecule has 6 nitrogen and oxygen atoms in total. The van der Waals surface area contributed by atoms with Gasteiger partial charge in [-0.25, -0.2) is 8.42 Å². The molecule has 1 aliphatic rings. The van der Waals surface area contributed by atoms with E-state index in [-0.39, 0.29) is 23.3 Å². The van der Waals surface area contributed by atoms with Crippen molar-refractivity contribution in [3.05, 3.63) is 76.7 Å². The van der Waals surface area contributed by atoms with E-state index in [9.17, 15) is 39.6 Å². The van der Waals surface area contributed by atoms with Crippen LogP contribution in [0.25, 0.3) is 0 Å². The van der Waals surface area contributed by atoms with Gasteiger partial charge in [0, 0.05) is 29.5 Å². The Balaban J connectivity index is 2.58. The summed E-state index contributed by atoms with van der Waals surface area (Å²) in [6.07, 6.45) is -5.73. The molecule has 0 radical (unpaired) electrons.